The van der Waals surface area contributed by atoms with Crippen molar-refractivity contribution in [3.8, 4) is 5.75 Å². The number of carbonyl (C=O) groups excluding carboxylic acids is 1. The lowest BCUT2D eigenvalue weighted by Gasteiger charge is -2.27. The number of benzene rings is 1. The molecule has 1 saturated carbocycles. The molecule has 0 aromatic heterocycles. The SMILES string of the molecule is O=C(Oc1cccc(Br)c1)C1CC(F)C1. The summed E-state index contributed by atoms with van der Waals surface area (Å²) >= 11 is 3.28. The van der Waals surface area contributed by atoms with E-state index < -0.39 is 6.17 Å². The molecule has 0 bridgehead atoms. The van der Waals surface area contributed by atoms with Gasteiger partial charge in [0.1, 0.15) is 11.9 Å². The molecule has 1 aliphatic carbocycles. The van der Waals surface area contributed by atoms with Gasteiger partial charge in [-0.3, -0.25) is 4.79 Å². The minimum absolute atomic E-state index is 0.265. The zero-order chi connectivity index (χ0) is 10.8. The van der Waals surface area contributed by atoms with E-state index >= 15 is 0 Å². The molecule has 4 heteroatoms. The van der Waals surface area contributed by atoms with Crippen LogP contribution in [0.2, 0.25) is 0 Å². The van der Waals surface area contributed by atoms with Crippen molar-refractivity contribution >= 4 is 21.9 Å². The molecule has 1 aliphatic rings. The van der Waals surface area contributed by atoms with E-state index in [1.165, 1.54) is 0 Å². The summed E-state index contributed by atoms with van der Waals surface area (Å²) in [6.07, 6.45) is -0.232. The summed E-state index contributed by atoms with van der Waals surface area (Å²) in [7, 11) is 0. The van der Waals surface area contributed by atoms with Crippen LogP contribution in [0.3, 0.4) is 0 Å². The first-order valence-electron chi connectivity index (χ1n) is 4.76. The van der Waals surface area contributed by atoms with Gasteiger partial charge in [0.05, 0.1) is 5.92 Å². The number of esters is 1. The zero-order valence-corrected chi connectivity index (χ0v) is 9.54. The topological polar surface area (TPSA) is 26.3 Å². The highest BCUT2D eigenvalue weighted by Gasteiger charge is 2.35. The Morgan fingerprint density at radius 1 is 1.47 bits per heavy atom. The molecule has 0 atom stereocenters. The van der Waals surface area contributed by atoms with Crippen LogP contribution in [0.4, 0.5) is 4.39 Å². The molecule has 0 unspecified atom stereocenters. The van der Waals surface area contributed by atoms with E-state index in [9.17, 15) is 9.18 Å². The smallest absolute Gasteiger partial charge is 0.314 e. The van der Waals surface area contributed by atoms with Crippen molar-refractivity contribution in [3.05, 3.63) is 28.7 Å². The lowest BCUT2D eigenvalue weighted by Crippen LogP contribution is -2.34. The molecule has 0 amide bonds. The van der Waals surface area contributed by atoms with Gasteiger partial charge in [0.15, 0.2) is 0 Å². The van der Waals surface area contributed by atoms with Crippen molar-refractivity contribution < 1.29 is 13.9 Å². The van der Waals surface area contributed by atoms with E-state index in [1.54, 1.807) is 18.2 Å². The molecule has 15 heavy (non-hydrogen) atoms. The predicted molar refractivity (Wildman–Crippen MR) is 57.4 cm³/mol. The zero-order valence-electron chi connectivity index (χ0n) is 7.95. The van der Waals surface area contributed by atoms with Crippen LogP contribution < -0.4 is 4.74 Å². The minimum atomic E-state index is -0.829. The molecular weight excluding hydrogens is 263 g/mol. The van der Waals surface area contributed by atoms with Gasteiger partial charge in [0, 0.05) is 4.47 Å². The summed E-state index contributed by atoms with van der Waals surface area (Å²) in [5, 5.41) is 0. The number of hydrogen-bond donors (Lipinski definition) is 0. The summed E-state index contributed by atoms with van der Waals surface area (Å²) in [5.41, 5.74) is 0. The molecule has 1 aromatic carbocycles. The summed E-state index contributed by atoms with van der Waals surface area (Å²) < 4.78 is 18.5. The number of alkyl halides is 1. The number of rotatable bonds is 2. The summed E-state index contributed by atoms with van der Waals surface area (Å²) in [5.74, 6) is -0.0994. The van der Waals surface area contributed by atoms with Crippen molar-refractivity contribution in [2.45, 2.75) is 19.0 Å². The molecule has 0 N–H and O–H groups in total. The molecule has 0 aliphatic heterocycles. The average Bonchev–Trinajstić information content (AvgIpc) is 2.13. The fourth-order valence-corrected chi connectivity index (χ4v) is 1.85. The summed E-state index contributed by atoms with van der Waals surface area (Å²) in [6.45, 7) is 0. The van der Waals surface area contributed by atoms with E-state index in [-0.39, 0.29) is 11.9 Å². The average molecular weight is 273 g/mol. The number of carbonyl (C=O) groups is 1. The van der Waals surface area contributed by atoms with Crippen LogP contribution in [0, 0.1) is 5.92 Å². The van der Waals surface area contributed by atoms with Crippen molar-refractivity contribution in [3.63, 3.8) is 0 Å². The first kappa shape index (κ1) is 10.6. The standard InChI is InChI=1S/C11H10BrFO2/c12-8-2-1-3-10(6-8)15-11(14)7-4-9(13)5-7/h1-3,6-7,9H,4-5H2. The normalized spacial score (nSPS) is 24.4. The monoisotopic (exact) mass is 272 g/mol. The first-order chi connectivity index (χ1) is 7.15. The van der Waals surface area contributed by atoms with Gasteiger partial charge in [0.2, 0.25) is 0 Å². The van der Waals surface area contributed by atoms with Crippen LogP contribution in [0.5, 0.6) is 5.75 Å². The fourth-order valence-electron chi connectivity index (χ4n) is 1.47. The van der Waals surface area contributed by atoms with E-state index in [0.29, 0.717) is 18.6 Å². The first-order valence-corrected chi connectivity index (χ1v) is 5.56. The predicted octanol–water partition coefficient (Wildman–Crippen LogP) is 3.10. The molecule has 0 saturated heterocycles. The quantitative estimate of drug-likeness (QED) is 0.611. The van der Waals surface area contributed by atoms with Crippen molar-refractivity contribution in [2.75, 3.05) is 0 Å². The maximum absolute atomic E-state index is 12.5. The highest BCUT2D eigenvalue weighted by atomic mass is 79.9. The highest BCUT2D eigenvalue weighted by molar-refractivity contribution is 9.10. The Balaban J connectivity index is 1.94. The Labute approximate surface area is 95.6 Å². The van der Waals surface area contributed by atoms with Gasteiger partial charge >= 0.3 is 5.97 Å². The van der Waals surface area contributed by atoms with E-state index in [1.807, 2.05) is 6.07 Å². The van der Waals surface area contributed by atoms with Crippen LogP contribution >= 0.6 is 15.9 Å². The van der Waals surface area contributed by atoms with Gasteiger partial charge in [-0.15, -0.1) is 0 Å². The second kappa shape index (κ2) is 4.31. The largest absolute Gasteiger partial charge is 0.426 e. The number of ether oxygens (including phenoxy) is 1. The van der Waals surface area contributed by atoms with Gasteiger partial charge < -0.3 is 4.74 Å². The molecule has 1 fully saturated rings. The van der Waals surface area contributed by atoms with Crippen LogP contribution in [0.15, 0.2) is 28.7 Å². The number of hydrogen-bond acceptors (Lipinski definition) is 2. The Morgan fingerprint density at radius 2 is 2.20 bits per heavy atom. The van der Waals surface area contributed by atoms with Gasteiger partial charge in [0.25, 0.3) is 0 Å². The second-order valence-corrected chi connectivity index (χ2v) is 4.56. The van der Waals surface area contributed by atoms with Crippen LogP contribution in [-0.2, 0) is 4.79 Å². The van der Waals surface area contributed by atoms with Gasteiger partial charge in [-0.2, -0.15) is 0 Å². The molecule has 80 valence electrons. The fraction of sp³-hybridized carbons (Fsp3) is 0.364. The van der Waals surface area contributed by atoms with Crippen LogP contribution in [0.1, 0.15) is 12.8 Å². The maximum Gasteiger partial charge on any atom is 0.314 e. The molecule has 2 nitrogen and oxygen atoms in total. The molecule has 1 aromatic rings. The van der Waals surface area contributed by atoms with Crippen LogP contribution in [0.25, 0.3) is 0 Å². The molecule has 0 heterocycles. The van der Waals surface area contributed by atoms with Gasteiger partial charge in [-0.25, -0.2) is 4.39 Å². The number of halogens is 2. The Bertz CT molecular complexity index is 375. The van der Waals surface area contributed by atoms with E-state index in [2.05, 4.69) is 15.9 Å². The third-order valence-electron chi connectivity index (χ3n) is 2.43. The molecule has 0 radical (unpaired) electrons. The molecule has 0 spiro atoms. The third kappa shape index (κ3) is 2.56. The molecule has 2 rings (SSSR count). The lowest BCUT2D eigenvalue weighted by atomic mass is 9.84. The van der Waals surface area contributed by atoms with Crippen molar-refractivity contribution in [1.29, 1.82) is 0 Å². The van der Waals surface area contributed by atoms with Crippen molar-refractivity contribution in [1.82, 2.24) is 0 Å². The Kier molecular flexibility index (Phi) is 3.05. The minimum Gasteiger partial charge on any atom is -0.426 e. The van der Waals surface area contributed by atoms with Crippen LogP contribution in [-0.4, -0.2) is 12.1 Å². The molecular formula is C11H10BrFO2. The Hall–Kier alpha value is -0.900. The second-order valence-electron chi connectivity index (χ2n) is 3.64. The highest BCUT2D eigenvalue weighted by Crippen LogP contribution is 2.31. The lowest BCUT2D eigenvalue weighted by molar-refractivity contribution is -0.143. The van der Waals surface area contributed by atoms with Gasteiger partial charge in [-0.1, -0.05) is 22.0 Å². The van der Waals surface area contributed by atoms with Crippen molar-refractivity contribution in [2.24, 2.45) is 5.92 Å². The summed E-state index contributed by atoms with van der Waals surface area (Å²) in [6, 6.07) is 7.04. The maximum atomic E-state index is 12.5. The third-order valence-corrected chi connectivity index (χ3v) is 2.92. The Morgan fingerprint density at radius 3 is 2.80 bits per heavy atom. The van der Waals surface area contributed by atoms with E-state index in [0.717, 1.165) is 4.47 Å². The van der Waals surface area contributed by atoms with Gasteiger partial charge in [-0.05, 0) is 31.0 Å². The van der Waals surface area contributed by atoms with E-state index in [4.69, 9.17) is 4.74 Å². The summed E-state index contributed by atoms with van der Waals surface area (Å²) in [4.78, 5) is 11.4.